The summed E-state index contributed by atoms with van der Waals surface area (Å²) >= 11 is 0. The smallest absolute Gasteiger partial charge is 0.417 e. The van der Waals surface area contributed by atoms with Crippen LogP contribution in [0, 0.1) is 11.3 Å². The van der Waals surface area contributed by atoms with Crippen molar-refractivity contribution in [3.8, 4) is 6.07 Å². The maximum atomic E-state index is 12.6. The van der Waals surface area contributed by atoms with Crippen molar-refractivity contribution in [3.05, 3.63) is 34.4 Å². The number of alkyl halides is 3. The van der Waals surface area contributed by atoms with E-state index in [9.17, 15) is 18.0 Å². The summed E-state index contributed by atoms with van der Waals surface area (Å²) in [6.07, 6.45) is -4.80. The van der Waals surface area contributed by atoms with Crippen molar-refractivity contribution >= 4 is 5.97 Å². The molecule has 7 heteroatoms. The Balaban J connectivity index is 3.67. The maximum Gasteiger partial charge on any atom is 0.417 e. The summed E-state index contributed by atoms with van der Waals surface area (Å²) in [4.78, 5) is 10.9. The Labute approximate surface area is 94.1 Å². The monoisotopic (exact) mass is 244 g/mol. The summed E-state index contributed by atoms with van der Waals surface area (Å²) in [5.41, 5.74) is 2.46. The van der Waals surface area contributed by atoms with Gasteiger partial charge in [-0.05, 0) is 17.7 Å². The van der Waals surface area contributed by atoms with E-state index in [1.165, 1.54) is 0 Å². The molecule has 0 bridgehead atoms. The number of carboxylic acid groups (broad SMARTS) is 1. The van der Waals surface area contributed by atoms with Gasteiger partial charge in [0.25, 0.3) is 0 Å². The van der Waals surface area contributed by atoms with Crippen LogP contribution in [0.15, 0.2) is 12.1 Å². The van der Waals surface area contributed by atoms with Crippen molar-refractivity contribution in [2.24, 2.45) is 5.73 Å². The molecule has 3 N–H and O–H groups in total. The van der Waals surface area contributed by atoms with Crippen molar-refractivity contribution in [2.45, 2.75) is 12.7 Å². The molecule has 0 unspecified atom stereocenters. The van der Waals surface area contributed by atoms with Crippen molar-refractivity contribution in [2.75, 3.05) is 0 Å². The molecule has 0 amide bonds. The molecule has 0 atom stereocenters. The molecule has 0 radical (unpaired) electrons. The third kappa shape index (κ3) is 2.37. The van der Waals surface area contributed by atoms with E-state index in [2.05, 4.69) is 0 Å². The minimum absolute atomic E-state index is 0.169. The van der Waals surface area contributed by atoms with Crippen molar-refractivity contribution in [3.63, 3.8) is 0 Å². The van der Waals surface area contributed by atoms with Gasteiger partial charge in [0.2, 0.25) is 0 Å². The molecule has 0 aliphatic carbocycles. The van der Waals surface area contributed by atoms with Gasteiger partial charge in [0, 0.05) is 6.54 Å². The molecular weight excluding hydrogens is 237 g/mol. The number of carboxylic acids is 1. The number of hydrogen-bond acceptors (Lipinski definition) is 3. The minimum atomic E-state index is -4.80. The van der Waals surface area contributed by atoms with Gasteiger partial charge < -0.3 is 10.8 Å². The highest BCUT2D eigenvalue weighted by molar-refractivity contribution is 5.92. The van der Waals surface area contributed by atoms with Crippen LogP contribution in [0.2, 0.25) is 0 Å². The summed E-state index contributed by atoms with van der Waals surface area (Å²) in [5.74, 6) is -1.75. The zero-order chi connectivity index (χ0) is 13.2. The molecule has 0 aliphatic heterocycles. The first kappa shape index (κ1) is 13.0. The van der Waals surface area contributed by atoms with Crippen molar-refractivity contribution in [1.82, 2.24) is 0 Å². The van der Waals surface area contributed by atoms with Crippen LogP contribution in [-0.2, 0) is 12.7 Å². The van der Waals surface area contributed by atoms with Gasteiger partial charge in [0.15, 0.2) is 0 Å². The van der Waals surface area contributed by atoms with Gasteiger partial charge in [0.1, 0.15) is 0 Å². The zero-order valence-corrected chi connectivity index (χ0v) is 8.38. The minimum Gasteiger partial charge on any atom is -0.478 e. The molecule has 17 heavy (non-hydrogen) atoms. The van der Waals surface area contributed by atoms with E-state index in [1.54, 1.807) is 6.07 Å². The highest BCUT2D eigenvalue weighted by Gasteiger charge is 2.37. The largest absolute Gasteiger partial charge is 0.478 e. The predicted molar refractivity (Wildman–Crippen MR) is 51.0 cm³/mol. The average Bonchev–Trinajstić information content (AvgIpc) is 2.25. The molecular formula is C10H7F3N2O2. The molecule has 0 spiro atoms. The second-order valence-electron chi connectivity index (χ2n) is 3.13. The SMILES string of the molecule is N#Cc1ccc(C(F)(F)F)c(C(=O)O)c1CN. The molecule has 0 fully saturated rings. The van der Waals surface area contributed by atoms with Crippen LogP contribution >= 0.6 is 0 Å². The van der Waals surface area contributed by atoms with Crippen LogP contribution in [0.4, 0.5) is 13.2 Å². The lowest BCUT2D eigenvalue weighted by molar-refractivity contribution is -0.138. The Bertz CT molecular complexity index is 503. The van der Waals surface area contributed by atoms with Crippen LogP contribution in [-0.4, -0.2) is 11.1 Å². The van der Waals surface area contributed by atoms with Crippen LogP contribution in [0.3, 0.4) is 0 Å². The number of aromatic carboxylic acids is 1. The number of halogens is 3. The summed E-state index contributed by atoms with van der Waals surface area (Å²) in [5, 5.41) is 17.5. The number of hydrogen-bond donors (Lipinski definition) is 2. The molecule has 0 aromatic heterocycles. The van der Waals surface area contributed by atoms with E-state index in [0.29, 0.717) is 6.07 Å². The molecule has 1 aromatic rings. The summed E-state index contributed by atoms with van der Waals surface area (Å²) in [6.45, 7) is -0.450. The first-order valence-corrected chi connectivity index (χ1v) is 4.39. The van der Waals surface area contributed by atoms with Crippen molar-refractivity contribution < 1.29 is 23.1 Å². The first-order valence-electron chi connectivity index (χ1n) is 4.39. The molecule has 1 rings (SSSR count). The van der Waals surface area contributed by atoms with Crippen LogP contribution in [0.1, 0.15) is 27.0 Å². The standard InChI is InChI=1S/C10H7F3N2O2/c11-10(12,13)7-2-1-5(3-14)6(4-15)8(7)9(16)17/h1-2H,4,15H2,(H,16,17). The molecule has 0 heterocycles. The lowest BCUT2D eigenvalue weighted by Crippen LogP contribution is -2.18. The Kier molecular flexibility index (Phi) is 3.39. The number of nitrogens with zero attached hydrogens (tertiary/aromatic N) is 1. The van der Waals surface area contributed by atoms with E-state index >= 15 is 0 Å². The lowest BCUT2D eigenvalue weighted by Gasteiger charge is -2.14. The fraction of sp³-hybridized carbons (Fsp3) is 0.200. The van der Waals surface area contributed by atoms with Gasteiger partial charge in [-0.15, -0.1) is 0 Å². The summed E-state index contributed by atoms with van der Waals surface area (Å²) < 4.78 is 37.7. The maximum absolute atomic E-state index is 12.6. The Morgan fingerprint density at radius 2 is 2.06 bits per heavy atom. The molecule has 90 valence electrons. The van der Waals surface area contributed by atoms with Crippen LogP contribution in [0.5, 0.6) is 0 Å². The summed E-state index contributed by atoms with van der Waals surface area (Å²) in [6, 6.07) is 3.09. The topological polar surface area (TPSA) is 87.1 Å². The second-order valence-corrected chi connectivity index (χ2v) is 3.13. The highest BCUT2D eigenvalue weighted by atomic mass is 19.4. The number of benzene rings is 1. The van der Waals surface area contributed by atoms with Gasteiger partial charge in [-0.25, -0.2) is 4.79 Å². The fourth-order valence-electron chi connectivity index (χ4n) is 1.45. The molecule has 0 aliphatic rings. The third-order valence-electron chi connectivity index (χ3n) is 2.16. The lowest BCUT2D eigenvalue weighted by atomic mass is 9.96. The fourth-order valence-corrected chi connectivity index (χ4v) is 1.45. The van der Waals surface area contributed by atoms with Gasteiger partial charge in [0.05, 0.1) is 22.8 Å². The third-order valence-corrected chi connectivity index (χ3v) is 2.16. The number of rotatable bonds is 2. The van der Waals surface area contributed by atoms with E-state index in [1.807, 2.05) is 0 Å². The zero-order valence-electron chi connectivity index (χ0n) is 8.38. The Morgan fingerprint density at radius 1 is 1.47 bits per heavy atom. The number of nitrogens with two attached hydrogens (primary N) is 1. The van der Waals surface area contributed by atoms with E-state index in [0.717, 1.165) is 6.07 Å². The second kappa shape index (κ2) is 4.43. The quantitative estimate of drug-likeness (QED) is 0.829. The summed E-state index contributed by atoms with van der Waals surface area (Å²) in [7, 11) is 0. The van der Waals surface area contributed by atoms with E-state index < -0.39 is 29.8 Å². The molecule has 0 saturated carbocycles. The Morgan fingerprint density at radius 3 is 2.41 bits per heavy atom. The number of nitriles is 1. The van der Waals surface area contributed by atoms with Crippen molar-refractivity contribution in [1.29, 1.82) is 5.26 Å². The average molecular weight is 244 g/mol. The van der Waals surface area contributed by atoms with Gasteiger partial charge in [-0.2, -0.15) is 18.4 Å². The van der Waals surface area contributed by atoms with Gasteiger partial charge >= 0.3 is 12.1 Å². The van der Waals surface area contributed by atoms with E-state index in [4.69, 9.17) is 16.1 Å². The molecule has 1 aromatic carbocycles. The van der Waals surface area contributed by atoms with Gasteiger partial charge in [-0.1, -0.05) is 0 Å². The van der Waals surface area contributed by atoms with Crippen LogP contribution in [0.25, 0.3) is 0 Å². The predicted octanol–water partition coefficient (Wildman–Crippen LogP) is 1.73. The molecule has 0 saturated heterocycles. The van der Waals surface area contributed by atoms with Crippen LogP contribution < -0.4 is 5.73 Å². The normalized spacial score (nSPS) is 11.0. The Hall–Kier alpha value is -2.07. The first-order chi connectivity index (χ1) is 7.82. The molecule has 4 nitrogen and oxygen atoms in total. The highest BCUT2D eigenvalue weighted by Crippen LogP contribution is 2.34. The number of carbonyl (C=O) groups is 1. The van der Waals surface area contributed by atoms with Gasteiger partial charge in [-0.3, -0.25) is 0 Å². The van der Waals surface area contributed by atoms with E-state index in [-0.39, 0.29) is 11.1 Å².